The second-order valence-corrected chi connectivity index (χ2v) is 3.83. The van der Waals surface area contributed by atoms with Gasteiger partial charge in [0.15, 0.2) is 0 Å². The Morgan fingerprint density at radius 1 is 1.10 bits per heavy atom. The van der Waals surface area contributed by atoms with Crippen LogP contribution in [0.25, 0.3) is 0 Å². The molecule has 0 N–H and O–H groups in total. The van der Waals surface area contributed by atoms with Gasteiger partial charge in [0.2, 0.25) is 0 Å². The van der Waals surface area contributed by atoms with E-state index in [1.54, 1.807) is 0 Å². The molecule has 0 atom stereocenters. The second kappa shape index (κ2) is 3.23. The van der Waals surface area contributed by atoms with Crippen LogP contribution in [0.5, 0.6) is 0 Å². The summed E-state index contributed by atoms with van der Waals surface area (Å²) in [6.45, 7) is 4.42. The summed E-state index contributed by atoms with van der Waals surface area (Å²) in [4.78, 5) is 0. The number of hydrogen-bond donors (Lipinski definition) is 0. The monoisotopic (exact) mass is 200 g/mol. The van der Waals surface area contributed by atoms with Crippen molar-refractivity contribution < 1.29 is 0 Å². The average molecular weight is 199 g/mol. The molecule has 1 heteroatoms. The van der Waals surface area contributed by atoms with E-state index in [9.17, 15) is 0 Å². The standard InChI is InChI=1S/C9H12Se/c1-7(2)8-3-5-9(10)6-4-8/h3-7,10H,1-2H3. The van der Waals surface area contributed by atoms with Crippen molar-refractivity contribution in [1.29, 1.82) is 0 Å². The summed E-state index contributed by atoms with van der Waals surface area (Å²) in [6.07, 6.45) is 0. The first kappa shape index (κ1) is 7.84. The molecule has 0 unspecified atom stereocenters. The normalized spacial score (nSPS) is 10.4. The van der Waals surface area contributed by atoms with Gasteiger partial charge < -0.3 is 0 Å². The van der Waals surface area contributed by atoms with E-state index in [1.807, 2.05) is 0 Å². The maximum atomic E-state index is 2.54. The van der Waals surface area contributed by atoms with Crippen LogP contribution in [-0.2, 0) is 0 Å². The van der Waals surface area contributed by atoms with Crippen molar-refractivity contribution >= 4 is 20.5 Å². The molecule has 0 fully saturated rings. The predicted molar refractivity (Wildman–Crippen MR) is 47.3 cm³/mol. The van der Waals surface area contributed by atoms with Crippen molar-refractivity contribution in [2.24, 2.45) is 0 Å². The summed E-state index contributed by atoms with van der Waals surface area (Å²) >= 11 is 2.54. The molecule has 0 saturated heterocycles. The SMILES string of the molecule is CC(C)c1ccc([SeH])cc1. The number of rotatable bonds is 1. The summed E-state index contributed by atoms with van der Waals surface area (Å²) in [6, 6.07) is 8.63. The van der Waals surface area contributed by atoms with Crippen LogP contribution in [0.2, 0.25) is 0 Å². The predicted octanol–water partition coefficient (Wildman–Crippen LogP) is 1.34. The summed E-state index contributed by atoms with van der Waals surface area (Å²) in [7, 11) is 0. The van der Waals surface area contributed by atoms with Crippen LogP contribution in [0.3, 0.4) is 0 Å². The first-order valence-electron chi connectivity index (χ1n) is 3.49. The molecule has 54 valence electrons. The van der Waals surface area contributed by atoms with Gasteiger partial charge in [-0.25, -0.2) is 0 Å². The van der Waals surface area contributed by atoms with Crippen molar-refractivity contribution in [3.05, 3.63) is 29.8 Å². The van der Waals surface area contributed by atoms with Crippen LogP contribution < -0.4 is 4.46 Å². The molecular formula is C9H12Se. The molecule has 0 amide bonds. The van der Waals surface area contributed by atoms with Gasteiger partial charge in [-0.05, 0) is 0 Å². The molecule has 1 rings (SSSR count). The zero-order valence-electron chi connectivity index (χ0n) is 6.33. The molecule has 0 saturated carbocycles. The summed E-state index contributed by atoms with van der Waals surface area (Å²) in [5, 5.41) is 0. The first-order valence-corrected chi connectivity index (χ1v) is 4.43. The topological polar surface area (TPSA) is 0 Å². The second-order valence-electron chi connectivity index (χ2n) is 2.75. The first-order chi connectivity index (χ1) is 4.70. The van der Waals surface area contributed by atoms with Crippen molar-refractivity contribution in [3.63, 3.8) is 0 Å². The molecule has 0 aliphatic carbocycles. The Hall–Kier alpha value is -0.261. The van der Waals surface area contributed by atoms with E-state index in [-0.39, 0.29) is 0 Å². The van der Waals surface area contributed by atoms with Gasteiger partial charge >= 0.3 is 70.1 Å². The van der Waals surface area contributed by atoms with E-state index in [2.05, 4.69) is 54.1 Å². The Labute approximate surface area is 70.5 Å². The summed E-state index contributed by atoms with van der Waals surface area (Å²) in [5.74, 6) is 0.646. The van der Waals surface area contributed by atoms with Gasteiger partial charge in [-0.2, -0.15) is 0 Å². The molecule has 0 bridgehead atoms. The molecule has 0 nitrogen and oxygen atoms in total. The van der Waals surface area contributed by atoms with Crippen LogP contribution in [0, 0.1) is 0 Å². The van der Waals surface area contributed by atoms with Gasteiger partial charge in [0.05, 0.1) is 0 Å². The van der Waals surface area contributed by atoms with Gasteiger partial charge in [0.25, 0.3) is 0 Å². The minimum atomic E-state index is 0.646. The van der Waals surface area contributed by atoms with E-state index < -0.39 is 0 Å². The van der Waals surface area contributed by atoms with E-state index in [4.69, 9.17) is 0 Å². The fraction of sp³-hybridized carbons (Fsp3) is 0.333. The van der Waals surface area contributed by atoms with E-state index >= 15 is 0 Å². The van der Waals surface area contributed by atoms with Crippen LogP contribution in [0.1, 0.15) is 25.3 Å². The fourth-order valence-corrected chi connectivity index (χ4v) is 1.17. The quantitative estimate of drug-likeness (QED) is 0.599. The molecule has 0 spiro atoms. The molecule has 10 heavy (non-hydrogen) atoms. The third-order valence-electron chi connectivity index (χ3n) is 1.56. The van der Waals surface area contributed by atoms with Crippen molar-refractivity contribution in [1.82, 2.24) is 0 Å². The van der Waals surface area contributed by atoms with Crippen molar-refractivity contribution in [2.75, 3.05) is 0 Å². The van der Waals surface area contributed by atoms with Crippen molar-refractivity contribution in [3.8, 4) is 0 Å². The zero-order valence-corrected chi connectivity index (χ0v) is 8.21. The Balaban J connectivity index is 2.89. The Kier molecular flexibility index (Phi) is 2.53. The molecule has 0 heterocycles. The fourth-order valence-electron chi connectivity index (χ4n) is 0.859. The number of benzene rings is 1. The Morgan fingerprint density at radius 3 is 2.00 bits per heavy atom. The van der Waals surface area contributed by atoms with Crippen LogP contribution in [-0.4, -0.2) is 16.0 Å². The van der Waals surface area contributed by atoms with Crippen LogP contribution >= 0.6 is 0 Å². The minimum absolute atomic E-state index is 0.646. The summed E-state index contributed by atoms with van der Waals surface area (Å²) < 4.78 is 1.27. The third kappa shape index (κ3) is 1.86. The molecule has 0 aliphatic rings. The maximum absolute atomic E-state index is 2.54. The van der Waals surface area contributed by atoms with E-state index in [1.165, 1.54) is 10.0 Å². The Morgan fingerprint density at radius 2 is 1.60 bits per heavy atom. The number of hydrogen-bond acceptors (Lipinski definition) is 0. The van der Waals surface area contributed by atoms with Gasteiger partial charge in [-0.3, -0.25) is 0 Å². The van der Waals surface area contributed by atoms with Gasteiger partial charge in [-0.1, -0.05) is 0 Å². The zero-order chi connectivity index (χ0) is 7.56. The molecule has 0 aliphatic heterocycles. The van der Waals surface area contributed by atoms with Gasteiger partial charge in [-0.15, -0.1) is 0 Å². The summed E-state index contributed by atoms with van der Waals surface area (Å²) in [5.41, 5.74) is 1.41. The average Bonchev–Trinajstić information content (AvgIpc) is 1.88. The Bertz CT molecular complexity index is 198. The van der Waals surface area contributed by atoms with Crippen LogP contribution in [0.15, 0.2) is 24.3 Å². The third-order valence-corrected chi connectivity index (χ3v) is 2.19. The molecule has 0 radical (unpaired) electrons. The van der Waals surface area contributed by atoms with Gasteiger partial charge in [0, 0.05) is 0 Å². The molecule has 1 aromatic carbocycles. The molecule has 1 aromatic rings. The molecule has 0 aromatic heterocycles. The van der Waals surface area contributed by atoms with E-state index in [0.717, 1.165) is 0 Å². The van der Waals surface area contributed by atoms with Crippen molar-refractivity contribution in [2.45, 2.75) is 19.8 Å². The van der Waals surface area contributed by atoms with Crippen LogP contribution in [0.4, 0.5) is 0 Å². The van der Waals surface area contributed by atoms with E-state index in [0.29, 0.717) is 5.92 Å². The van der Waals surface area contributed by atoms with Gasteiger partial charge in [0.1, 0.15) is 0 Å². The molecular weight excluding hydrogens is 187 g/mol.